The molecular weight excluding hydrogens is 214 g/mol. The van der Waals surface area contributed by atoms with E-state index in [4.69, 9.17) is 4.74 Å². The smallest absolute Gasteiger partial charge is 0.201 e. The highest BCUT2D eigenvalue weighted by molar-refractivity contribution is 5.77. The average molecular weight is 231 g/mol. The normalized spacial score (nSPS) is 24.3. The summed E-state index contributed by atoms with van der Waals surface area (Å²) in [4.78, 5) is 7.81. The summed E-state index contributed by atoms with van der Waals surface area (Å²) in [5.41, 5.74) is 2.07. The summed E-state index contributed by atoms with van der Waals surface area (Å²) in [6.07, 6.45) is 3.81. The van der Waals surface area contributed by atoms with Gasteiger partial charge in [0.15, 0.2) is 0 Å². The largest absolute Gasteiger partial charge is 0.379 e. The van der Waals surface area contributed by atoms with E-state index in [1.807, 2.05) is 24.3 Å². The van der Waals surface area contributed by atoms with Gasteiger partial charge in [-0.3, -0.25) is 0 Å². The van der Waals surface area contributed by atoms with E-state index >= 15 is 0 Å². The van der Waals surface area contributed by atoms with Crippen molar-refractivity contribution in [1.29, 1.82) is 0 Å². The van der Waals surface area contributed by atoms with Gasteiger partial charge in [0.2, 0.25) is 5.95 Å². The van der Waals surface area contributed by atoms with Crippen LogP contribution in [0.25, 0.3) is 11.0 Å². The van der Waals surface area contributed by atoms with E-state index in [2.05, 4.69) is 15.3 Å². The summed E-state index contributed by atoms with van der Waals surface area (Å²) >= 11 is 0. The number of nitrogens with zero attached hydrogens (tertiary/aromatic N) is 1. The second-order valence-electron chi connectivity index (χ2n) is 4.56. The van der Waals surface area contributed by atoms with Crippen molar-refractivity contribution in [2.24, 2.45) is 0 Å². The summed E-state index contributed by atoms with van der Waals surface area (Å²) in [7, 11) is 1.78. The number of hydrogen-bond acceptors (Lipinski definition) is 3. The maximum absolute atomic E-state index is 5.47. The monoisotopic (exact) mass is 231 g/mol. The zero-order valence-corrected chi connectivity index (χ0v) is 9.94. The Hall–Kier alpha value is -1.55. The number of aromatic amines is 1. The van der Waals surface area contributed by atoms with Crippen molar-refractivity contribution in [2.45, 2.75) is 31.4 Å². The minimum atomic E-state index is 0.309. The number of aromatic nitrogens is 2. The third-order valence-electron chi connectivity index (χ3n) is 3.47. The molecule has 0 bridgehead atoms. The number of imidazole rings is 1. The minimum absolute atomic E-state index is 0.309. The summed E-state index contributed by atoms with van der Waals surface area (Å²) in [6.45, 7) is 0. The van der Waals surface area contributed by atoms with Crippen LogP contribution < -0.4 is 5.32 Å². The lowest BCUT2D eigenvalue weighted by molar-refractivity contribution is 0.101. The van der Waals surface area contributed by atoms with E-state index in [0.717, 1.165) is 29.8 Å². The van der Waals surface area contributed by atoms with Crippen LogP contribution in [0.5, 0.6) is 0 Å². The molecule has 1 aromatic heterocycles. The number of rotatable bonds is 3. The molecule has 90 valence electrons. The highest BCUT2D eigenvalue weighted by Crippen LogP contribution is 2.25. The Labute approximate surface area is 100 Å². The lowest BCUT2D eigenvalue weighted by atomic mass is 10.2. The van der Waals surface area contributed by atoms with Crippen LogP contribution in [-0.2, 0) is 4.74 Å². The predicted octanol–water partition coefficient (Wildman–Crippen LogP) is 2.54. The van der Waals surface area contributed by atoms with E-state index in [9.17, 15) is 0 Å². The first-order valence-corrected chi connectivity index (χ1v) is 6.11. The van der Waals surface area contributed by atoms with Crippen LogP contribution in [0.15, 0.2) is 24.3 Å². The number of H-pyrrole nitrogens is 1. The molecule has 1 aliphatic rings. The predicted molar refractivity (Wildman–Crippen MR) is 68.2 cm³/mol. The molecular formula is C13H17N3O. The Kier molecular flexibility index (Phi) is 2.73. The van der Waals surface area contributed by atoms with E-state index in [1.54, 1.807) is 7.11 Å². The SMILES string of the molecule is COC1CCCC1Nc1nc2ccccc2[nH]1. The zero-order chi connectivity index (χ0) is 11.7. The van der Waals surface area contributed by atoms with Gasteiger partial charge < -0.3 is 15.0 Å². The molecule has 2 N–H and O–H groups in total. The second-order valence-corrected chi connectivity index (χ2v) is 4.56. The fourth-order valence-electron chi connectivity index (χ4n) is 2.57. The molecule has 0 saturated heterocycles. The summed E-state index contributed by atoms with van der Waals surface area (Å²) in [6, 6.07) is 8.44. The van der Waals surface area contributed by atoms with Gasteiger partial charge in [-0.1, -0.05) is 12.1 Å². The molecule has 1 heterocycles. The van der Waals surface area contributed by atoms with Crippen LogP contribution in [0.2, 0.25) is 0 Å². The fraction of sp³-hybridized carbons (Fsp3) is 0.462. The Bertz CT molecular complexity index is 475. The molecule has 3 rings (SSSR count). The van der Waals surface area contributed by atoms with Crippen molar-refractivity contribution in [2.75, 3.05) is 12.4 Å². The van der Waals surface area contributed by atoms with Crippen molar-refractivity contribution < 1.29 is 4.74 Å². The van der Waals surface area contributed by atoms with Gasteiger partial charge in [0.25, 0.3) is 0 Å². The van der Waals surface area contributed by atoms with Gasteiger partial charge in [0.05, 0.1) is 23.2 Å². The highest BCUT2D eigenvalue weighted by Gasteiger charge is 2.27. The van der Waals surface area contributed by atoms with Crippen LogP contribution in [0.1, 0.15) is 19.3 Å². The van der Waals surface area contributed by atoms with Gasteiger partial charge in [0, 0.05) is 7.11 Å². The van der Waals surface area contributed by atoms with Crippen LogP contribution >= 0.6 is 0 Å². The molecule has 17 heavy (non-hydrogen) atoms. The average Bonchev–Trinajstić information content (AvgIpc) is 2.94. The van der Waals surface area contributed by atoms with Crippen molar-refractivity contribution in [3.05, 3.63) is 24.3 Å². The number of methoxy groups -OCH3 is 1. The standard InChI is InChI=1S/C13H17N3O/c1-17-12-8-4-7-11(12)16-13-14-9-5-2-3-6-10(9)15-13/h2-3,5-6,11-12H,4,7-8H2,1H3,(H2,14,15,16). The molecule has 1 saturated carbocycles. The molecule has 2 unspecified atom stereocenters. The Morgan fingerprint density at radius 2 is 2.24 bits per heavy atom. The lowest BCUT2D eigenvalue weighted by Gasteiger charge is -2.18. The van der Waals surface area contributed by atoms with Gasteiger partial charge in [-0.05, 0) is 31.4 Å². The van der Waals surface area contributed by atoms with Crippen molar-refractivity contribution in [3.8, 4) is 0 Å². The van der Waals surface area contributed by atoms with E-state index in [0.29, 0.717) is 12.1 Å². The number of para-hydroxylation sites is 2. The fourth-order valence-corrected chi connectivity index (χ4v) is 2.57. The van der Waals surface area contributed by atoms with Crippen molar-refractivity contribution in [1.82, 2.24) is 9.97 Å². The van der Waals surface area contributed by atoms with Crippen molar-refractivity contribution in [3.63, 3.8) is 0 Å². The third kappa shape index (κ3) is 2.00. The second kappa shape index (κ2) is 4.37. The molecule has 4 nitrogen and oxygen atoms in total. The molecule has 0 aliphatic heterocycles. The molecule has 2 atom stereocenters. The van der Waals surface area contributed by atoms with Crippen LogP contribution in [-0.4, -0.2) is 29.2 Å². The first-order valence-electron chi connectivity index (χ1n) is 6.11. The quantitative estimate of drug-likeness (QED) is 0.853. The number of ether oxygens (including phenoxy) is 1. The molecule has 1 aromatic carbocycles. The molecule has 2 aromatic rings. The van der Waals surface area contributed by atoms with Crippen molar-refractivity contribution >= 4 is 17.0 Å². The first kappa shape index (κ1) is 10.6. The molecule has 1 aliphatic carbocycles. The van der Waals surface area contributed by atoms with Gasteiger partial charge in [-0.25, -0.2) is 4.98 Å². The third-order valence-corrected chi connectivity index (χ3v) is 3.47. The highest BCUT2D eigenvalue weighted by atomic mass is 16.5. The molecule has 0 radical (unpaired) electrons. The zero-order valence-electron chi connectivity index (χ0n) is 9.94. The van der Waals surface area contributed by atoms with Gasteiger partial charge in [-0.2, -0.15) is 0 Å². The number of hydrogen-bond donors (Lipinski definition) is 2. The summed E-state index contributed by atoms with van der Waals surface area (Å²) in [5.74, 6) is 0.847. The Morgan fingerprint density at radius 1 is 1.35 bits per heavy atom. The van der Waals surface area contributed by atoms with Gasteiger partial charge in [-0.15, -0.1) is 0 Å². The number of anilines is 1. The minimum Gasteiger partial charge on any atom is -0.379 e. The maximum atomic E-state index is 5.47. The van der Waals surface area contributed by atoms with E-state index < -0.39 is 0 Å². The Morgan fingerprint density at radius 3 is 3.06 bits per heavy atom. The van der Waals surface area contributed by atoms with Crippen LogP contribution in [0, 0.1) is 0 Å². The van der Waals surface area contributed by atoms with Gasteiger partial charge in [0.1, 0.15) is 0 Å². The topological polar surface area (TPSA) is 49.9 Å². The van der Waals surface area contributed by atoms with E-state index in [-0.39, 0.29) is 0 Å². The molecule has 0 spiro atoms. The summed E-state index contributed by atoms with van der Waals surface area (Å²) < 4.78 is 5.47. The van der Waals surface area contributed by atoms with Crippen LogP contribution in [0.4, 0.5) is 5.95 Å². The van der Waals surface area contributed by atoms with Gasteiger partial charge >= 0.3 is 0 Å². The Balaban J connectivity index is 1.80. The number of fused-ring (bicyclic) bond motifs is 1. The maximum Gasteiger partial charge on any atom is 0.201 e. The van der Waals surface area contributed by atoms with Crippen LogP contribution in [0.3, 0.4) is 0 Å². The van der Waals surface area contributed by atoms with E-state index in [1.165, 1.54) is 6.42 Å². The molecule has 1 fully saturated rings. The molecule has 4 heteroatoms. The molecule has 0 amide bonds. The summed E-state index contributed by atoms with van der Waals surface area (Å²) in [5, 5.41) is 3.44. The number of benzene rings is 1. The first-order chi connectivity index (χ1) is 8.36. The lowest BCUT2D eigenvalue weighted by Crippen LogP contribution is -2.30. The number of nitrogens with one attached hydrogen (secondary N) is 2.